The molecule has 0 aliphatic heterocycles. The average molecular weight is 380 g/mol. The number of anilines is 2. The molecule has 28 heavy (non-hydrogen) atoms. The normalized spacial score (nSPS) is 11.2. The molecule has 0 fully saturated rings. The van der Waals surface area contributed by atoms with E-state index in [1.165, 1.54) is 42.7 Å². The first-order valence-electron chi connectivity index (χ1n) is 9.68. The number of nitrogens with zero attached hydrogens (tertiary/aromatic N) is 1. The lowest BCUT2D eigenvalue weighted by Crippen LogP contribution is -2.16. The van der Waals surface area contributed by atoms with Gasteiger partial charge in [-0.1, -0.05) is 66.7 Å². The van der Waals surface area contributed by atoms with Gasteiger partial charge in [0.25, 0.3) is 0 Å². The number of hydrogen-bond acceptors (Lipinski definition) is 2. The molecule has 1 nitrogen and oxygen atoms in total. The molecule has 4 aromatic carbocycles. The molecule has 0 saturated carbocycles. The van der Waals surface area contributed by atoms with Crippen molar-refractivity contribution in [1.82, 2.24) is 0 Å². The monoisotopic (exact) mass is 379 g/mol. The van der Waals surface area contributed by atoms with E-state index in [9.17, 15) is 0 Å². The zero-order valence-electron chi connectivity index (χ0n) is 15.8. The van der Waals surface area contributed by atoms with Crippen molar-refractivity contribution in [3.05, 3.63) is 97.1 Å². The lowest BCUT2D eigenvalue weighted by Gasteiger charge is -2.25. The van der Waals surface area contributed by atoms with Gasteiger partial charge in [-0.25, -0.2) is 0 Å². The molecule has 0 spiro atoms. The highest BCUT2D eigenvalue weighted by Gasteiger charge is 2.15. The van der Waals surface area contributed by atoms with Crippen LogP contribution in [0.2, 0.25) is 0 Å². The molecule has 0 saturated heterocycles. The van der Waals surface area contributed by atoms with Gasteiger partial charge in [0.1, 0.15) is 0 Å². The van der Waals surface area contributed by atoms with Gasteiger partial charge in [-0.2, -0.15) is 0 Å². The Kier molecular flexibility index (Phi) is 4.34. The molecule has 5 rings (SSSR count). The van der Waals surface area contributed by atoms with Crippen LogP contribution in [0.25, 0.3) is 31.3 Å². The summed E-state index contributed by atoms with van der Waals surface area (Å²) in [5.41, 5.74) is 5.01. The van der Waals surface area contributed by atoms with Crippen LogP contribution in [0.3, 0.4) is 0 Å². The highest BCUT2D eigenvalue weighted by atomic mass is 32.1. The van der Waals surface area contributed by atoms with Gasteiger partial charge in [-0.3, -0.25) is 0 Å². The van der Waals surface area contributed by atoms with E-state index in [2.05, 4.69) is 109 Å². The third-order valence-corrected chi connectivity index (χ3v) is 6.41. The van der Waals surface area contributed by atoms with Crippen LogP contribution in [0.5, 0.6) is 0 Å². The van der Waals surface area contributed by atoms with Crippen LogP contribution < -0.4 is 4.90 Å². The Morgan fingerprint density at radius 2 is 1.32 bits per heavy atom. The minimum atomic E-state index is 0.925. The SMILES string of the molecule is CCN(c1ccc(-c2ccccc2)cc1)c1cccc2sc3ccccc3c12. The van der Waals surface area contributed by atoms with Crippen molar-refractivity contribution in [3.63, 3.8) is 0 Å². The van der Waals surface area contributed by atoms with Gasteiger partial charge in [0.05, 0.1) is 5.69 Å². The lowest BCUT2D eigenvalue weighted by molar-refractivity contribution is 1.03. The van der Waals surface area contributed by atoms with Gasteiger partial charge in [-0.15, -0.1) is 11.3 Å². The Balaban J connectivity index is 1.62. The van der Waals surface area contributed by atoms with Crippen molar-refractivity contribution in [1.29, 1.82) is 0 Å². The molecule has 0 N–H and O–H groups in total. The molecular formula is C26H21NS. The summed E-state index contributed by atoms with van der Waals surface area (Å²) in [6, 6.07) is 34.8. The molecule has 136 valence electrons. The Hall–Kier alpha value is -3.10. The maximum atomic E-state index is 2.41. The smallest absolute Gasteiger partial charge is 0.0505 e. The third-order valence-electron chi connectivity index (χ3n) is 5.27. The largest absolute Gasteiger partial charge is 0.341 e. The molecule has 0 aliphatic carbocycles. The lowest BCUT2D eigenvalue weighted by atomic mass is 10.0. The molecule has 0 bridgehead atoms. The molecule has 0 amide bonds. The molecule has 0 unspecified atom stereocenters. The van der Waals surface area contributed by atoms with E-state index < -0.39 is 0 Å². The Morgan fingerprint density at radius 1 is 0.643 bits per heavy atom. The van der Waals surface area contributed by atoms with Crippen LogP contribution >= 0.6 is 11.3 Å². The molecule has 1 aromatic heterocycles. The van der Waals surface area contributed by atoms with Crippen molar-refractivity contribution >= 4 is 42.9 Å². The van der Waals surface area contributed by atoms with Gasteiger partial charge >= 0.3 is 0 Å². The predicted octanol–water partition coefficient (Wildman–Crippen LogP) is 7.88. The molecule has 1 heterocycles. The molecule has 2 heteroatoms. The van der Waals surface area contributed by atoms with Crippen LogP contribution in [0.15, 0.2) is 97.1 Å². The Bertz CT molecular complexity index is 1240. The summed E-state index contributed by atoms with van der Waals surface area (Å²) in [6.45, 7) is 3.15. The first-order chi connectivity index (χ1) is 13.8. The minimum absolute atomic E-state index is 0.925. The van der Waals surface area contributed by atoms with Crippen LogP contribution in [-0.2, 0) is 0 Å². The summed E-state index contributed by atoms with van der Waals surface area (Å²) >= 11 is 1.87. The van der Waals surface area contributed by atoms with E-state index in [1.807, 2.05) is 11.3 Å². The molecular weight excluding hydrogens is 358 g/mol. The summed E-state index contributed by atoms with van der Waals surface area (Å²) < 4.78 is 2.69. The average Bonchev–Trinajstić information content (AvgIpc) is 3.15. The topological polar surface area (TPSA) is 3.24 Å². The van der Waals surface area contributed by atoms with Crippen molar-refractivity contribution in [3.8, 4) is 11.1 Å². The summed E-state index contributed by atoms with van der Waals surface area (Å²) in [5.74, 6) is 0. The van der Waals surface area contributed by atoms with Gasteiger partial charge < -0.3 is 4.90 Å². The van der Waals surface area contributed by atoms with E-state index in [0.717, 1.165) is 6.54 Å². The standard InChI is InChI=1S/C26H21NS/c1-2-27(21-17-15-20(16-18-21)19-9-4-3-5-10-19)23-12-8-14-25-26(23)22-11-6-7-13-24(22)28-25/h3-18H,2H2,1H3. The second kappa shape index (κ2) is 7.14. The summed E-state index contributed by atoms with van der Waals surface area (Å²) in [5, 5.41) is 2.70. The van der Waals surface area contributed by atoms with E-state index in [4.69, 9.17) is 0 Å². The van der Waals surface area contributed by atoms with E-state index >= 15 is 0 Å². The number of benzene rings is 4. The maximum Gasteiger partial charge on any atom is 0.0505 e. The predicted molar refractivity (Wildman–Crippen MR) is 124 cm³/mol. The van der Waals surface area contributed by atoms with Crippen LogP contribution in [0.1, 0.15) is 6.92 Å². The van der Waals surface area contributed by atoms with Crippen molar-refractivity contribution in [2.24, 2.45) is 0 Å². The molecule has 0 atom stereocenters. The van der Waals surface area contributed by atoms with Crippen LogP contribution in [-0.4, -0.2) is 6.54 Å². The van der Waals surface area contributed by atoms with Gasteiger partial charge in [0.2, 0.25) is 0 Å². The molecule has 0 aliphatic rings. The second-order valence-electron chi connectivity index (χ2n) is 6.91. The number of hydrogen-bond donors (Lipinski definition) is 0. The highest BCUT2D eigenvalue weighted by molar-refractivity contribution is 7.25. The fraction of sp³-hybridized carbons (Fsp3) is 0.0769. The van der Waals surface area contributed by atoms with Crippen LogP contribution in [0.4, 0.5) is 11.4 Å². The Labute approximate surface area is 169 Å². The quantitative estimate of drug-likeness (QED) is 0.307. The van der Waals surface area contributed by atoms with Gasteiger partial charge in [0, 0.05) is 32.4 Å². The zero-order chi connectivity index (χ0) is 18.9. The maximum absolute atomic E-state index is 2.41. The number of thiophene rings is 1. The summed E-state index contributed by atoms with van der Waals surface area (Å²) in [7, 11) is 0. The van der Waals surface area contributed by atoms with E-state index in [0.29, 0.717) is 0 Å². The van der Waals surface area contributed by atoms with Crippen molar-refractivity contribution in [2.45, 2.75) is 6.92 Å². The molecule has 5 aromatic rings. The fourth-order valence-corrected chi connectivity index (χ4v) is 5.06. The van der Waals surface area contributed by atoms with E-state index in [1.54, 1.807) is 0 Å². The third kappa shape index (κ3) is 2.87. The van der Waals surface area contributed by atoms with Gasteiger partial charge in [-0.05, 0) is 48.4 Å². The summed E-state index contributed by atoms with van der Waals surface area (Å²) in [4.78, 5) is 2.41. The summed E-state index contributed by atoms with van der Waals surface area (Å²) in [6.07, 6.45) is 0. The van der Waals surface area contributed by atoms with E-state index in [-0.39, 0.29) is 0 Å². The van der Waals surface area contributed by atoms with Gasteiger partial charge in [0.15, 0.2) is 0 Å². The number of fused-ring (bicyclic) bond motifs is 3. The minimum Gasteiger partial charge on any atom is -0.341 e. The first kappa shape index (κ1) is 17.0. The Morgan fingerprint density at radius 3 is 2.11 bits per heavy atom. The highest BCUT2D eigenvalue weighted by Crippen LogP contribution is 2.41. The molecule has 0 radical (unpaired) electrons. The fourth-order valence-electron chi connectivity index (χ4n) is 3.94. The van der Waals surface area contributed by atoms with Crippen LogP contribution in [0, 0.1) is 0 Å². The van der Waals surface area contributed by atoms with Crippen molar-refractivity contribution in [2.75, 3.05) is 11.4 Å². The zero-order valence-corrected chi connectivity index (χ0v) is 16.6. The first-order valence-corrected chi connectivity index (χ1v) is 10.5. The second-order valence-corrected chi connectivity index (χ2v) is 7.99. The number of rotatable bonds is 4. The van der Waals surface area contributed by atoms with Crippen molar-refractivity contribution < 1.29 is 0 Å².